The third kappa shape index (κ3) is 11.5. The minimum Gasteiger partial charge on any atom is -0.356 e. The second kappa shape index (κ2) is 12.5. The minimum atomic E-state index is 0.238. The normalized spacial score (nSPS) is 10.4. The van der Waals surface area contributed by atoms with E-state index in [9.17, 15) is 4.79 Å². The predicted octanol–water partition coefficient (Wildman–Crippen LogP) is 4.04. The lowest BCUT2D eigenvalue weighted by atomic mass is 10.1. The van der Waals surface area contributed by atoms with Gasteiger partial charge in [0.05, 0.1) is 0 Å². The SMILES string of the molecule is CCCCCCCCNC(=O)CCCCC. The Bertz CT molecular complexity index is 157. The molecular formula is C14H29NO. The predicted molar refractivity (Wildman–Crippen MR) is 70.5 cm³/mol. The summed E-state index contributed by atoms with van der Waals surface area (Å²) in [4.78, 5) is 11.3. The van der Waals surface area contributed by atoms with Gasteiger partial charge in [-0.15, -0.1) is 0 Å². The number of carbonyl (C=O) groups excluding carboxylic acids is 1. The van der Waals surface area contributed by atoms with Gasteiger partial charge >= 0.3 is 0 Å². The lowest BCUT2D eigenvalue weighted by Crippen LogP contribution is -2.23. The van der Waals surface area contributed by atoms with Crippen molar-refractivity contribution in [2.75, 3.05) is 6.54 Å². The molecule has 0 aromatic carbocycles. The van der Waals surface area contributed by atoms with Gasteiger partial charge in [0.25, 0.3) is 0 Å². The molecule has 0 aromatic heterocycles. The third-order valence-corrected chi connectivity index (χ3v) is 2.86. The summed E-state index contributed by atoms with van der Waals surface area (Å²) in [6.45, 7) is 5.27. The first-order valence-corrected chi connectivity index (χ1v) is 7.08. The van der Waals surface area contributed by atoms with E-state index >= 15 is 0 Å². The number of rotatable bonds is 11. The number of nitrogens with one attached hydrogen (secondary N) is 1. The molecule has 0 fully saturated rings. The number of unbranched alkanes of at least 4 members (excludes halogenated alkanes) is 7. The van der Waals surface area contributed by atoms with Crippen molar-refractivity contribution in [2.24, 2.45) is 0 Å². The van der Waals surface area contributed by atoms with Gasteiger partial charge in [0.15, 0.2) is 0 Å². The molecule has 0 saturated carbocycles. The van der Waals surface area contributed by atoms with E-state index < -0.39 is 0 Å². The van der Waals surface area contributed by atoms with Crippen LogP contribution >= 0.6 is 0 Å². The fourth-order valence-electron chi connectivity index (χ4n) is 1.76. The smallest absolute Gasteiger partial charge is 0.219 e. The van der Waals surface area contributed by atoms with Gasteiger partial charge in [0.2, 0.25) is 5.91 Å². The Balaban J connectivity index is 3.09. The monoisotopic (exact) mass is 227 g/mol. The van der Waals surface area contributed by atoms with Gasteiger partial charge in [-0.3, -0.25) is 4.79 Å². The quantitative estimate of drug-likeness (QED) is 0.530. The molecule has 2 heteroatoms. The Hall–Kier alpha value is -0.530. The van der Waals surface area contributed by atoms with Crippen molar-refractivity contribution >= 4 is 5.91 Å². The second-order valence-electron chi connectivity index (χ2n) is 4.57. The van der Waals surface area contributed by atoms with Crippen molar-refractivity contribution in [3.05, 3.63) is 0 Å². The second-order valence-corrected chi connectivity index (χ2v) is 4.57. The molecule has 0 aliphatic rings. The Morgan fingerprint density at radius 2 is 1.38 bits per heavy atom. The summed E-state index contributed by atoms with van der Waals surface area (Å²) in [6, 6.07) is 0. The maximum absolute atomic E-state index is 11.3. The molecule has 0 bridgehead atoms. The van der Waals surface area contributed by atoms with Crippen molar-refractivity contribution in [3.63, 3.8) is 0 Å². The molecule has 96 valence electrons. The summed E-state index contributed by atoms with van der Waals surface area (Å²) in [6.07, 6.45) is 11.8. The van der Waals surface area contributed by atoms with E-state index in [1.54, 1.807) is 0 Å². The number of amides is 1. The molecule has 0 aliphatic heterocycles. The summed E-state index contributed by atoms with van der Waals surface area (Å²) >= 11 is 0. The van der Waals surface area contributed by atoms with Crippen molar-refractivity contribution in [3.8, 4) is 0 Å². The van der Waals surface area contributed by atoms with E-state index in [0.717, 1.165) is 19.4 Å². The summed E-state index contributed by atoms with van der Waals surface area (Å²) in [7, 11) is 0. The maximum Gasteiger partial charge on any atom is 0.219 e. The Morgan fingerprint density at radius 3 is 2.06 bits per heavy atom. The lowest BCUT2D eigenvalue weighted by Gasteiger charge is -2.04. The number of carbonyl (C=O) groups is 1. The summed E-state index contributed by atoms with van der Waals surface area (Å²) in [5, 5.41) is 2.99. The highest BCUT2D eigenvalue weighted by molar-refractivity contribution is 5.75. The van der Waals surface area contributed by atoms with Gasteiger partial charge in [0, 0.05) is 13.0 Å². The van der Waals surface area contributed by atoms with Crippen LogP contribution in [-0.4, -0.2) is 12.5 Å². The fourth-order valence-corrected chi connectivity index (χ4v) is 1.76. The zero-order valence-corrected chi connectivity index (χ0v) is 11.2. The van der Waals surface area contributed by atoms with Gasteiger partial charge in [-0.05, 0) is 12.8 Å². The van der Waals surface area contributed by atoms with Crippen LogP contribution in [0.3, 0.4) is 0 Å². The van der Waals surface area contributed by atoms with Crippen LogP contribution in [0.2, 0.25) is 0 Å². The maximum atomic E-state index is 11.3. The topological polar surface area (TPSA) is 29.1 Å². The van der Waals surface area contributed by atoms with E-state index in [1.807, 2.05) is 0 Å². The molecule has 1 N–H and O–H groups in total. The molecule has 0 aromatic rings. The van der Waals surface area contributed by atoms with Gasteiger partial charge < -0.3 is 5.32 Å². The molecular weight excluding hydrogens is 198 g/mol. The fraction of sp³-hybridized carbons (Fsp3) is 0.929. The molecule has 0 spiro atoms. The first-order valence-electron chi connectivity index (χ1n) is 7.08. The first-order chi connectivity index (χ1) is 7.81. The minimum absolute atomic E-state index is 0.238. The standard InChI is InChI=1S/C14H29NO/c1-3-5-7-8-9-11-13-15-14(16)12-10-6-4-2/h3-13H2,1-2H3,(H,15,16). The average molecular weight is 227 g/mol. The van der Waals surface area contributed by atoms with Crippen LogP contribution in [0, 0.1) is 0 Å². The summed E-state index contributed by atoms with van der Waals surface area (Å²) in [5.41, 5.74) is 0. The van der Waals surface area contributed by atoms with Crippen LogP contribution in [0.15, 0.2) is 0 Å². The third-order valence-electron chi connectivity index (χ3n) is 2.86. The zero-order chi connectivity index (χ0) is 12.1. The molecule has 16 heavy (non-hydrogen) atoms. The zero-order valence-electron chi connectivity index (χ0n) is 11.2. The number of hydrogen-bond acceptors (Lipinski definition) is 1. The highest BCUT2D eigenvalue weighted by Gasteiger charge is 1.99. The highest BCUT2D eigenvalue weighted by atomic mass is 16.1. The Morgan fingerprint density at radius 1 is 0.812 bits per heavy atom. The molecule has 1 amide bonds. The van der Waals surface area contributed by atoms with Gasteiger partial charge in [-0.1, -0.05) is 58.8 Å². The summed E-state index contributed by atoms with van der Waals surface area (Å²) < 4.78 is 0. The molecule has 0 radical (unpaired) electrons. The van der Waals surface area contributed by atoms with Gasteiger partial charge in [-0.2, -0.15) is 0 Å². The molecule has 0 atom stereocenters. The molecule has 0 heterocycles. The van der Waals surface area contributed by atoms with E-state index in [0.29, 0.717) is 6.42 Å². The molecule has 0 unspecified atom stereocenters. The average Bonchev–Trinajstić information content (AvgIpc) is 2.28. The van der Waals surface area contributed by atoms with Crippen LogP contribution in [0.4, 0.5) is 0 Å². The van der Waals surface area contributed by atoms with Crippen molar-refractivity contribution in [2.45, 2.75) is 78.1 Å². The van der Waals surface area contributed by atoms with Crippen molar-refractivity contribution < 1.29 is 4.79 Å². The molecule has 0 aliphatic carbocycles. The summed E-state index contributed by atoms with van der Waals surface area (Å²) in [5.74, 6) is 0.238. The largest absolute Gasteiger partial charge is 0.356 e. The van der Waals surface area contributed by atoms with Crippen LogP contribution in [0.25, 0.3) is 0 Å². The number of hydrogen-bond donors (Lipinski definition) is 1. The first kappa shape index (κ1) is 15.5. The van der Waals surface area contributed by atoms with Gasteiger partial charge in [-0.25, -0.2) is 0 Å². The van der Waals surface area contributed by atoms with Gasteiger partial charge in [0.1, 0.15) is 0 Å². The van der Waals surface area contributed by atoms with E-state index in [-0.39, 0.29) is 5.91 Å². The molecule has 2 nitrogen and oxygen atoms in total. The van der Waals surface area contributed by atoms with E-state index in [4.69, 9.17) is 0 Å². The van der Waals surface area contributed by atoms with Crippen LogP contribution in [-0.2, 0) is 4.79 Å². The van der Waals surface area contributed by atoms with Crippen molar-refractivity contribution in [1.82, 2.24) is 5.32 Å². The van der Waals surface area contributed by atoms with E-state index in [2.05, 4.69) is 19.2 Å². The molecule has 0 rings (SSSR count). The van der Waals surface area contributed by atoms with E-state index in [1.165, 1.54) is 44.9 Å². The Labute approximate surface area is 101 Å². The van der Waals surface area contributed by atoms with Crippen molar-refractivity contribution in [1.29, 1.82) is 0 Å². The van der Waals surface area contributed by atoms with Crippen LogP contribution in [0.5, 0.6) is 0 Å². The lowest BCUT2D eigenvalue weighted by molar-refractivity contribution is -0.121. The Kier molecular flexibility index (Phi) is 12.1. The highest BCUT2D eigenvalue weighted by Crippen LogP contribution is 2.04. The van der Waals surface area contributed by atoms with Crippen LogP contribution in [0.1, 0.15) is 78.1 Å². The molecule has 0 saturated heterocycles. The van der Waals surface area contributed by atoms with Crippen LogP contribution < -0.4 is 5.32 Å².